The van der Waals surface area contributed by atoms with Gasteiger partial charge in [0, 0.05) is 18.8 Å². The van der Waals surface area contributed by atoms with E-state index in [0.29, 0.717) is 13.1 Å². The first-order valence-electron chi connectivity index (χ1n) is 8.92. The predicted octanol–water partition coefficient (Wildman–Crippen LogP) is 4.56. The summed E-state index contributed by atoms with van der Waals surface area (Å²) in [5, 5.41) is 8.74. The highest BCUT2D eigenvalue weighted by atomic mass is 32.1. The van der Waals surface area contributed by atoms with Crippen molar-refractivity contribution in [2.45, 2.75) is 33.6 Å². The van der Waals surface area contributed by atoms with E-state index >= 15 is 0 Å². The summed E-state index contributed by atoms with van der Waals surface area (Å²) in [7, 11) is 0. The van der Waals surface area contributed by atoms with E-state index in [1.54, 1.807) is 4.90 Å². The van der Waals surface area contributed by atoms with Gasteiger partial charge in [-0.15, -0.1) is 11.3 Å². The Morgan fingerprint density at radius 1 is 1.15 bits per heavy atom. The van der Waals surface area contributed by atoms with E-state index in [1.165, 1.54) is 16.9 Å². The highest BCUT2D eigenvalue weighted by molar-refractivity contribution is 7.14. The van der Waals surface area contributed by atoms with Crippen molar-refractivity contribution in [3.05, 3.63) is 46.3 Å². The molecule has 1 aliphatic rings. The van der Waals surface area contributed by atoms with Crippen LogP contribution in [0.2, 0.25) is 0 Å². The molecule has 6 heteroatoms. The maximum Gasteiger partial charge on any atom is 0.322 e. The Balaban J connectivity index is 1.64. The van der Waals surface area contributed by atoms with Crippen LogP contribution < -0.4 is 10.6 Å². The van der Waals surface area contributed by atoms with Crippen LogP contribution in [0.5, 0.6) is 0 Å². The number of hydrogen-bond donors (Lipinski definition) is 2. The fraction of sp³-hybridized carbons (Fsp3) is 0.400. The van der Waals surface area contributed by atoms with Crippen LogP contribution in [0.3, 0.4) is 0 Å². The van der Waals surface area contributed by atoms with Crippen LogP contribution in [0.4, 0.5) is 15.5 Å². The smallest absolute Gasteiger partial charge is 0.322 e. The molecular formula is C20H25N3O2S. The van der Waals surface area contributed by atoms with Crippen molar-refractivity contribution in [2.24, 2.45) is 5.92 Å². The predicted molar refractivity (Wildman–Crippen MR) is 107 cm³/mol. The van der Waals surface area contributed by atoms with Gasteiger partial charge in [-0.2, -0.15) is 0 Å². The number of thiophene rings is 1. The van der Waals surface area contributed by atoms with Gasteiger partial charge >= 0.3 is 6.03 Å². The van der Waals surface area contributed by atoms with Gasteiger partial charge in [0.2, 0.25) is 5.91 Å². The van der Waals surface area contributed by atoms with Crippen LogP contribution in [0.1, 0.15) is 29.5 Å². The molecule has 26 heavy (non-hydrogen) atoms. The van der Waals surface area contributed by atoms with E-state index in [9.17, 15) is 9.59 Å². The maximum atomic E-state index is 12.8. The zero-order valence-electron chi connectivity index (χ0n) is 15.5. The Morgan fingerprint density at radius 2 is 1.88 bits per heavy atom. The van der Waals surface area contributed by atoms with Crippen molar-refractivity contribution in [1.29, 1.82) is 0 Å². The molecule has 0 bridgehead atoms. The van der Waals surface area contributed by atoms with E-state index in [0.717, 1.165) is 34.7 Å². The molecule has 1 saturated heterocycles. The number of hydrogen-bond acceptors (Lipinski definition) is 3. The van der Waals surface area contributed by atoms with Gasteiger partial charge in [0.15, 0.2) is 0 Å². The average Bonchev–Trinajstić information content (AvgIpc) is 3.11. The lowest BCUT2D eigenvalue weighted by molar-refractivity contribution is -0.121. The molecule has 1 atom stereocenters. The molecule has 138 valence electrons. The number of likely N-dealkylation sites (tertiary alicyclic amines) is 1. The van der Waals surface area contributed by atoms with Crippen molar-refractivity contribution in [1.82, 2.24) is 4.90 Å². The third-order valence-corrected chi connectivity index (χ3v) is 5.54. The highest BCUT2D eigenvalue weighted by Gasteiger charge is 2.29. The minimum absolute atomic E-state index is 0.00585. The number of piperidine rings is 1. The SMILES string of the molecule is Cc1cc(C)c(NC(=O)C2CCCN(C(=O)Nc3cccs3)C2)c(C)c1. The van der Waals surface area contributed by atoms with E-state index < -0.39 is 0 Å². The number of urea groups is 1. The molecular weight excluding hydrogens is 346 g/mol. The van der Waals surface area contributed by atoms with Gasteiger partial charge in [0.1, 0.15) is 0 Å². The fourth-order valence-electron chi connectivity index (χ4n) is 3.51. The average molecular weight is 372 g/mol. The summed E-state index contributed by atoms with van der Waals surface area (Å²) in [6.07, 6.45) is 1.64. The van der Waals surface area contributed by atoms with Crippen LogP contribution >= 0.6 is 11.3 Å². The Morgan fingerprint density at radius 3 is 2.54 bits per heavy atom. The van der Waals surface area contributed by atoms with Crippen molar-refractivity contribution in [3.8, 4) is 0 Å². The van der Waals surface area contributed by atoms with Gasteiger partial charge in [-0.25, -0.2) is 4.79 Å². The van der Waals surface area contributed by atoms with Gasteiger partial charge in [-0.3, -0.25) is 10.1 Å². The summed E-state index contributed by atoms with van der Waals surface area (Å²) in [6, 6.07) is 7.79. The molecule has 1 fully saturated rings. The molecule has 1 aromatic carbocycles. The maximum absolute atomic E-state index is 12.8. The first kappa shape index (κ1) is 18.5. The first-order valence-corrected chi connectivity index (χ1v) is 9.80. The molecule has 1 aromatic heterocycles. The third-order valence-electron chi connectivity index (χ3n) is 4.76. The summed E-state index contributed by atoms with van der Waals surface area (Å²) in [5.41, 5.74) is 4.21. The number of nitrogens with zero attached hydrogens (tertiary/aromatic N) is 1. The van der Waals surface area contributed by atoms with Crippen molar-refractivity contribution in [2.75, 3.05) is 23.7 Å². The monoisotopic (exact) mass is 371 g/mol. The normalized spacial score (nSPS) is 17.0. The van der Waals surface area contributed by atoms with Crippen molar-refractivity contribution in [3.63, 3.8) is 0 Å². The number of aryl methyl sites for hydroxylation is 3. The van der Waals surface area contributed by atoms with Gasteiger partial charge in [0.05, 0.1) is 10.9 Å². The third kappa shape index (κ3) is 4.25. The van der Waals surface area contributed by atoms with Crippen molar-refractivity contribution < 1.29 is 9.59 Å². The van der Waals surface area contributed by atoms with Gasteiger partial charge in [-0.1, -0.05) is 17.7 Å². The second-order valence-corrected chi connectivity index (χ2v) is 7.90. The van der Waals surface area contributed by atoms with Gasteiger partial charge in [-0.05, 0) is 62.3 Å². The van der Waals surface area contributed by atoms with Crippen LogP contribution in [-0.4, -0.2) is 29.9 Å². The Labute approximate surface area is 158 Å². The Kier molecular flexibility index (Phi) is 5.61. The summed E-state index contributed by atoms with van der Waals surface area (Å²) >= 11 is 1.49. The molecule has 0 saturated carbocycles. The topological polar surface area (TPSA) is 61.4 Å². The molecule has 2 aromatic rings. The zero-order chi connectivity index (χ0) is 18.7. The Bertz CT molecular complexity index is 778. The lowest BCUT2D eigenvalue weighted by Crippen LogP contribution is -2.45. The summed E-state index contributed by atoms with van der Waals surface area (Å²) < 4.78 is 0. The van der Waals surface area contributed by atoms with Crippen LogP contribution in [-0.2, 0) is 4.79 Å². The number of anilines is 2. The molecule has 0 radical (unpaired) electrons. The molecule has 5 nitrogen and oxygen atoms in total. The van der Waals surface area contributed by atoms with E-state index in [1.807, 2.05) is 31.4 Å². The first-order chi connectivity index (χ1) is 12.4. The molecule has 0 spiro atoms. The summed E-state index contributed by atoms with van der Waals surface area (Å²) in [5.74, 6) is -0.188. The molecule has 2 N–H and O–H groups in total. The van der Waals surface area contributed by atoms with E-state index in [-0.39, 0.29) is 17.9 Å². The van der Waals surface area contributed by atoms with Crippen LogP contribution in [0, 0.1) is 26.7 Å². The highest BCUT2D eigenvalue weighted by Crippen LogP contribution is 2.25. The summed E-state index contributed by atoms with van der Waals surface area (Å²) in [6.45, 7) is 7.21. The molecule has 3 amide bonds. The van der Waals surface area contributed by atoms with E-state index in [4.69, 9.17) is 0 Å². The fourth-order valence-corrected chi connectivity index (χ4v) is 4.12. The van der Waals surface area contributed by atoms with Crippen molar-refractivity contribution >= 4 is 34.0 Å². The molecule has 1 aliphatic heterocycles. The molecule has 1 unspecified atom stereocenters. The number of benzene rings is 1. The van der Waals surface area contributed by atoms with E-state index in [2.05, 4.69) is 29.7 Å². The quantitative estimate of drug-likeness (QED) is 0.831. The minimum atomic E-state index is -0.182. The standard InChI is InChI=1S/C20H25N3O2S/c1-13-10-14(2)18(15(3)11-13)22-19(24)16-6-4-8-23(12-16)20(25)21-17-7-5-9-26-17/h5,7,9-11,16H,4,6,8,12H2,1-3H3,(H,21,25)(H,22,24). The second-order valence-electron chi connectivity index (χ2n) is 6.96. The lowest BCUT2D eigenvalue weighted by Gasteiger charge is -2.32. The van der Waals surface area contributed by atoms with Crippen LogP contribution in [0.25, 0.3) is 0 Å². The zero-order valence-corrected chi connectivity index (χ0v) is 16.3. The number of carbonyl (C=O) groups is 2. The van der Waals surface area contributed by atoms with Gasteiger partial charge in [0.25, 0.3) is 0 Å². The van der Waals surface area contributed by atoms with Gasteiger partial charge < -0.3 is 10.2 Å². The number of carbonyl (C=O) groups excluding carboxylic acids is 2. The summed E-state index contributed by atoms with van der Waals surface area (Å²) in [4.78, 5) is 26.9. The Hall–Kier alpha value is -2.34. The molecule has 0 aliphatic carbocycles. The van der Waals surface area contributed by atoms with Crippen LogP contribution in [0.15, 0.2) is 29.6 Å². The molecule has 2 heterocycles. The number of nitrogens with one attached hydrogen (secondary N) is 2. The largest absolute Gasteiger partial charge is 0.325 e. The second kappa shape index (κ2) is 7.91. The minimum Gasteiger partial charge on any atom is -0.325 e. The number of amides is 3. The number of rotatable bonds is 3. The molecule has 3 rings (SSSR count). The lowest BCUT2D eigenvalue weighted by atomic mass is 9.96.